The highest BCUT2D eigenvalue weighted by atomic mass is 16.5. The number of ether oxygens (including phenoxy) is 2. The van der Waals surface area contributed by atoms with E-state index in [1.54, 1.807) is 31.4 Å². The molecule has 1 atom stereocenters. The number of methoxy groups -OCH3 is 2. The van der Waals surface area contributed by atoms with E-state index in [0.717, 1.165) is 6.42 Å². The van der Waals surface area contributed by atoms with E-state index in [0.29, 0.717) is 17.9 Å². The number of benzene rings is 1. The van der Waals surface area contributed by atoms with Crippen molar-refractivity contribution in [2.45, 2.75) is 25.8 Å². The Bertz CT molecular complexity index is 442. The molecule has 1 rings (SSSR count). The first-order chi connectivity index (χ1) is 9.62. The van der Waals surface area contributed by atoms with E-state index in [4.69, 9.17) is 4.74 Å². The van der Waals surface area contributed by atoms with Crippen molar-refractivity contribution in [2.75, 3.05) is 20.8 Å². The first-order valence-electron chi connectivity index (χ1n) is 6.60. The summed E-state index contributed by atoms with van der Waals surface area (Å²) in [6.45, 7) is 2.67. The molecule has 1 unspecified atom stereocenters. The minimum absolute atomic E-state index is 0.0291. The normalized spacial score (nSPS) is 11.8. The van der Waals surface area contributed by atoms with Gasteiger partial charge in [0.25, 0.3) is 0 Å². The van der Waals surface area contributed by atoms with Crippen LogP contribution in [0.5, 0.6) is 5.75 Å². The zero-order valence-corrected chi connectivity index (χ0v) is 12.1. The van der Waals surface area contributed by atoms with Gasteiger partial charge in [0.1, 0.15) is 5.75 Å². The molecule has 1 aromatic carbocycles. The smallest absolute Gasteiger partial charge is 0.307 e. The molecular formula is C15H21NO4. The van der Waals surface area contributed by atoms with Crippen molar-refractivity contribution in [2.24, 2.45) is 0 Å². The minimum Gasteiger partial charge on any atom is -0.497 e. The molecule has 0 saturated heterocycles. The summed E-state index contributed by atoms with van der Waals surface area (Å²) in [7, 11) is 2.89. The van der Waals surface area contributed by atoms with Gasteiger partial charge in [-0.15, -0.1) is 0 Å². The van der Waals surface area contributed by atoms with E-state index in [1.165, 1.54) is 7.11 Å². The number of rotatable bonds is 8. The average Bonchev–Trinajstić information content (AvgIpc) is 2.50. The van der Waals surface area contributed by atoms with E-state index in [9.17, 15) is 9.59 Å². The van der Waals surface area contributed by atoms with Gasteiger partial charge in [-0.3, -0.25) is 9.59 Å². The third-order valence-corrected chi connectivity index (χ3v) is 2.93. The second-order valence-electron chi connectivity index (χ2n) is 4.38. The standard InChI is InChI=1S/C15H21NO4/c1-4-9-16-13(10-14(17)20-3)15(18)11-5-7-12(19-2)8-6-11/h5-8,13,16H,4,9-10H2,1-3H3. The molecule has 5 nitrogen and oxygen atoms in total. The van der Waals surface area contributed by atoms with E-state index in [-0.39, 0.29) is 12.2 Å². The third-order valence-electron chi connectivity index (χ3n) is 2.93. The molecular weight excluding hydrogens is 258 g/mol. The maximum Gasteiger partial charge on any atom is 0.307 e. The predicted molar refractivity (Wildman–Crippen MR) is 76.0 cm³/mol. The van der Waals surface area contributed by atoms with Crippen LogP contribution in [0.2, 0.25) is 0 Å². The first-order valence-corrected chi connectivity index (χ1v) is 6.60. The fraction of sp³-hybridized carbons (Fsp3) is 0.467. The molecule has 0 aromatic heterocycles. The molecule has 0 bridgehead atoms. The van der Waals surface area contributed by atoms with Crippen molar-refractivity contribution in [3.8, 4) is 5.75 Å². The number of carbonyl (C=O) groups excluding carboxylic acids is 2. The van der Waals surface area contributed by atoms with Crippen molar-refractivity contribution >= 4 is 11.8 Å². The lowest BCUT2D eigenvalue weighted by Gasteiger charge is -2.16. The summed E-state index contributed by atoms with van der Waals surface area (Å²) in [5.41, 5.74) is 0.545. The van der Waals surface area contributed by atoms with Gasteiger partial charge in [-0.25, -0.2) is 0 Å². The van der Waals surface area contributed by atoms with Gasteiger partial charge in [-0.2, -0.15) is 0 Å². The second-order valence-corrected chi connectivity index (χ2v) is 4.38. The van der Waals surface area contributed by atoms with Crippen molar-refractivity contribution in [1.29, 1.82) is 0 Å². The quantitative estimate of drug-likeness (QED) is 0.581. The maximum atomic E-state index is 12.4. The summed E-state index contributed by atoms with van der Waals surface area (Å²) in [5.74, 6) is 0.166. The van der Waals surface area contributed by atoms with Gasteiger partial charge in [-0.1, -0.05) is 6.92 Å². The topological polar surface area (TPSA) is 64.6 Å². The van der Waals surface area contributed by atoms with Gasteiger partial charge in [0.15, 0.2) is 5.78 Å². The molecule has 1 N–H and O–H groups in total. The second kappa shape index (κ2) is 8.32. The third kappa shape index (κ3) is 4.66. The predicted octanol–water partition coefficient (Wildman–Crippen LogP) is 1.81. The average molecular weight is 279 g/mol. The lowest BCUT2D eigenvalue weighted by Crippen LogP contribution is -2.39. The number of nitrogens with one attached hydrogen (secondary N) is 1. The highest BCUT2D eigenvalue weighted by Gasteiger charge is 2.22. The van der Waals surface area contributed by atoms with Crippen LogP contribution in [0, 0.1) is 0 Å². The van der Waals surface area contributed by atoms with Crippen LogP contribution in [-0.2, 0) is 9.53 Å². The highest BCUT2D eigenvalue weighted by molar-refractivity contribution is 6.01. The Kier molecular flexibility index (Phi) is 6.73. The van der Waals surface area contributed by atoms with Gasteiger partial charge in [0, 0.05) is 5.56 Å². The van der Waals surface area contributed by atoms with E-state index >= 15 is 0 Å². The zero-order chi connectivity index (χ0) is 15.0. The molecule has 0 saturated carbocycles. The van der Waals surface area contributed by atoms with Crippen LogP contribution in [0.25, 0.3) is 0 Å². The summed E-state index contributed by atoms with van der Waals surface area (Å²) < 4.78 is 9.69. The fourth-order valence-electron chi connectivity index (χ4n) is 1.78. The molecule has 5 heteroatoms. The molecule has 0 heterocycles. The van der Waals surface area contributed by atoms with Crippen LogP contribution in [0.15, 0.2) is 24.3 Å². The SMILES string of the molecule is CCCNC(CC(=O)OC)C(=O)c1ccc(OC)cc1. The number of Topliss-reactive ketones (excluding diaryl/α,β-unsaturated/α-hetero) is 1. The Labute approximate surface area is 119 Å². The fourth-order valence-corrected chi connectivity index (χ4v) is 1.78. The Balaban J connectivity index is 2.81. The van der Waals surface area contributed by atoms with E-state index in [2.05, 4.69) is 10.1 Å². The van der Waals surface area contributed by atoms with Crippen molar-refractivity contribution in [3.63, 3.8) is 0 Å². The van der Waals surface area contributed by atoms with E-state index < -0.39 is 12.0 Å². The number of ketones is 1. The summed E-state index contributed by atoms with van der Waals surface area (Å²) in [5, 5.41) is 3.08. The summed E-state index contributed by atoms with van der Waals surface area (Å²) >= 11 is 0. The van der Waals surface area contributed by atoms with Crippen molar-refractivity contribution in [3.05, 3.63) is 29.8 Å². The Hall–Kier alpha value is -1.88. The molecule has 0 aliphatic rings. The van der Waals surface area contributed by atoms with Crippen molar-refractivity contribution < 1.29 is 19.1 Å². The molecule has 0 radical (unpaired) electrons. The largest absolute Gasteiger partial charge is 0.497 e. The van der Waals surface area contributed by atoms with Crippen LogP contribution in [0.3, 0.4) is 0 Å². The molecule has 0 amide bonds. The van der Waals surface area contributed by atoms with Gasteiger partial charge < -0.3 is 14.8 Å². The van der Waals surface area contributed by atoms with Gasteiger partial charge >= 0.3 is 5.97 Å². The number of carbonyl (C=O) groups is 2. The first kappa shape index (κ1) is 16.2. The van der Waals surface area contributed by atoms with Crippen LogP contribution >= 0.6 is 0 Å². The maximum absolute atomic E-state index is 12.4. The van der Waals surface area contributed by atoms with Crippen LogP contribution < -0.4 is 10.1 Å². The van der Waals surface area contributed by atoms with Crippen molar-refractivity contribution in [1.82, 2.24) is 5.32 Å². The summed E-state index contributed by atoms with van der Waals surface area (Å²) in [6.07, 6.45) is 0.912. The lowest BCUT2D eigenvalue weighted by molar-refractivity contribution is -0.140. The van der Waals surface area contributed by atoms with Crippen LogP contribution in [0.1, 0.15) is 30.1 Å². The Morgan fingerprint density at radius 3 is 2.35 bits per heavy atom. The van der Waals surface area contributed by atoms with Gasteiger partial charge in [-0.05, 0) is 37.2 Å². The monoisotopic (exact) mass is 279 g/mol. The molecule has 20 heavy (non-hydrogen) atoms. The molecule has 0 aliphatic heterocycles. The van der Waals surface area contributed by atoms with E-state index in [1.807, 2.05) is 6.92 Å². The Morgan fingerprint density at radius 1 is 1.20 bits per heavy atom. The Morgan fingerprint density at radius 2 is 1.85 bits per heavy atom. The number of hydrogen-bond donors (Lipinski definition) is 1. The highest BCUT2D eigenvalue weighted by Crippen LogP contribution is 2.14. The lowest BCUT2D eigenvalue weighted by atomic mass is 10.0. The van der Waals surface area contributed by atoms with Crippen LogP contribution in [-0.4, -0.2) is 38.6 Å². The summed E-state index contributed by atoms with van der Waals surface area (Å²) in [4.78, 5) is 23.8. The summed E-state index contributed by atoms with van der Waals surface area (Å²) in [6, 6.07) is 6.28. The molecule has 0 spiro atoms. The van der Waals surface area contributed by atoms with Gasteiger partial charge in [0.05, 0.1) is 26.7 Å². The zero-order valence-electron chi connectivity index (χ0n) is 12.1. The number of esters is 1. The minimum atomic E-state index is -0.559. The molecule has 110 valence electrons. The molecule has 0 aliphatic carbocycles. The molecule has 1 aromatic rings. The van der Waals surface area contributed by atoms with Gasteiger partial charge in [0.2, 0.25) is 0 Å². The number of hydrogen-bond acceptors (Lipinski definition) is 5. The molecule has 0 fully saturated rings. The van der Waals surface area contributed by atoms with Crippen LogP contribution in [0.4, 0.5) is 0 Å².